The van der Waals surface area contributed by atoms with E-state index in [4.69, 9.17) is 15.1 Å². The topological polar surface area (TPSA) is 73.5 Å². The van der Waals surface area contributed by atoms with Crippen LogP contribution in [0.3, 0.4) is 0 Å². The molecule has 0 fully saturated rings. The van der Waals surface area contributed by atoms with Gasteiger partial charge in [-0.1, -0.05) is 12.1 Å². The lowest BCUT2D eigenvalue weighted by Gasteiger charge is -2.11. The smallest absolute Gasteiger partial charge is 0.170 e. The van der Waals surface area contributed by atoms with Crippen LogP contribution in [0.5, 0.6) is 5.75 Å². The minimum atomic E-state index is -1.40. The van der Waals surface area contributed by atoms with Crippen molar-refractivity contribution in [3.05, 3.63) is 29.8 Å². The summed E-state index contributed by atoms with van der Waals surface area (Å²) in [5.41, 5.74) is 0.486. The molecule has 0 aliphatic heterocycles. The summed E-state index contributed by atoms with van der Waals surface area (Å²) >= 11 is 0. The van der Waals surface area contributed by atoms with Crippen LogP contribution in [-0.2, 0) is 0 Å². The first-order valence-electron chi connectivity index (χ1n) is 4.08. The quantitative estimate of drug-likeness (QED) is 0.690. The molecular formula is C10H11NO3. The predicted octanol–water partition coefficient (Wildman–Crippen LogP) is 0.613. The van der Waals surface area contributed by atoms with Crippen molar-refractivity contribution in [1.82, 2.24) is 0 Å². The Morgan fingerprint density at radius 1 is 1.29 bits per heavy atom. The Hall–Kier alpha value is -1.57. The zero-order chi connectivity index (χ0) is 10.6. The molecule has 2 unspecified atom stereocenters. The maximum atomic E-state index is 9.44. The number of ether oxygens (including phenoxy) is 1. The minimum absolute atomic E-state index is 0.486. The van der Waals surface area contributed by atoms with Gasteiger partial charge in [0.1, 0.15) is 11.9 Å². The summed E-state index contributed by atoms with van der Waals surface area (Å²) in [6, 6.07) is 8.08. The van der Waals surface area contributed by atoms with Crippen LogP contribution in [0.2, 0.25) is 0 Å². The van der Waals surface area contributed by atoms with Crippen molar-refractivity contribution in [3.8, 4) is 11.8 Å². The lowest BCUT2D eigenvalue weighted by atomic mass is 10.1. The van der Waals surface area contributed by atoms with Crippen LogP contribution in [0.15, 0.2) is 24.3 Å². The number of hydrogen-bond acceptors (Lipinski definition) is 4. The van der Waals surface area contributed by atoms with Crippen LogP contribution in [0.4, 0.5) is 0 Å². The Bertz CT molecular complexity index is 328. The molecule has 0 amide bonds. The van der Waals surface area contributed by atoms with E-state index in [1.54, 1.807) is 30.3 Å². The Labute approximate surface area is 82.0 Å². The monoisotopic (exact) mass is 193 g/mol. The number of rotatable bonds is 3. The third-order valence-electron chi connectivity index (χ3n) is 1.89. The average molecular weight is 193 g/mol. The molecule has 0 aromatic heterocycles. The molecule has 0 saturated carbocycles. The van der Waals surface area contributed by atoms with E-state index in [0.29, 0.717) is 11.3 Å². The number of benzene rings is 1. The lowest BCUT2D eigenvalue weighted by molar-refractivity contribution is 0.0527. The Kier molecular flexibility index (Phi) is 3.46. The van der Waals surface area contributed by atoms with Gasteiger partial charge >= 0.3 is 0 Å². The van der Waals surface area contributed by atoms with Gasteiger partial charge in [-0.15, -0.1) is 0 Å². The van der Waals surface area contributed by atoms with Gasteiger partial charge in [0.25, 0.3) is 0 Å². The highest BCUT2D eigenvalue weighted by atomic mass is 16.5. The average Bonchev–Trinajstić information content (AvgIpc) is 2.27. The van der Waals surface area contributed by atoms with Gasteiger partial charge in [-0.2, -0.15) is 5.26 Å². The second-order valence-electron chi connectivity index (χ2n) is 2.79. The third-order valence-corrected chi connectivity index (χ3v) is 1.89. The van der Waals surface area contributed by atoms with Gasteiger partial charge in [0.2, 0.25) is 0 Å². The fraction of sp³-hybridized carbons (Fsp3) is 0.300. The second-order valence-corrected chi connectivity index (χ2v) is 2.79. The molecule has 0 aliphatic carbocycles. The van der Waals surface area contributed by atoms with Gasteiger partial charge in [0.05, 0.1) is 13.2 Å². The van der Waals surface area contributed by atoms with E-state index in [9.17, 15) is 5.11 Å². The van der Waals surface area contributed by atoms with Crippen molar-refractivity contribution in [2.24, 2.45) is 0 Å². The minimum Gasteiger partial charge on any atom is -0.497 e. The SMILES string of the molecule is COc1ccc(C(O)C(O)C#N)cc1. The number of nitriles is 1. The summed E-state index contributed by atoms with van der Waals surface area (Å²) in [5.74, 6) is 0.660. The van der Waals surface area contributed by atoms with Crippen LogP contribution in [0, 0.1) is 11.3 Å². The highest BCUT2D eigenvalue weighted by Crippen LogP contribution is 2.19. The summed E-state index contributed by atoms with van der Waals surface area (Å²) in [5, 5.41) is 26.9. The Balaban J connectivity index is 2.82. The van der Waals surface area contributed by atoms with E-state index in [-0.39, 0.29) is 0 Å². The van der Waals surface area contributed by atoms with Crippen molar-refractivity contribution >= 4 is 0 Å². The van der Waals surface area contributed by atoms with Gasteiger partial charge < -0.3 is 14.9 Å². The summed E-state index contributed by atoms with van der Waals surface area (Å²) in [7, 11) is 1.54. The van der Waals surface area contributed by atoms with E-state index in [0.717, 1.165) is 0 Å². The molecular weight excluding hydrogens is 182 g/mol. The number of aliphatic hydroxyl groups is 2. The van der Waals surface area contributed by atoms with Crippen LogP contribution in [-0.4, -0.2) is 23.4 Å². The molecule has 4 heteroatoms. The van der Waals surface area contributed by atoms with Crippen molar-refractivity contribution in [1.29, 1.82) is 5.26 Å². The van der Waals surface area contributed by atoms with Gasteiger partial charge in [0, 0.05) is 0 Å². The van der Waals surface area contributed by atoms with Gasteiger partial charge in [-0.25, -0.2) is 0 Å². The van der Waals surface area contributed by atoms with Crippen LogP contribution < -0.4 is 4.74 Å². The van der Waals surface area contributed by atoms with Crippen LogP contribution in [0.25, 0.3) is 0 Å². The maximum absolute atomic E-state index is 9.44. The van der Waals surface area contributed by atoms with E-state index in [1.165, 1.54) is 7.11 Å². The Morgan fingerprint density at radius 3 is 2.29 bits per heavy atom. The van der Waals surface area contributed by atoms with Gasteiger partial charge in [-0.3, -0.25) is 0 Å². The molecule has 0 heterocycles. The largest absolute Gasteiger partial charge is 0.497 e. The maximum Gasteiger partial charge on any atom is 0.170 e. The third kappa shape index (κ3) is 2.22. The fourth-order valence-corrected chi connectivity index (χ4v) is 1.05. The number of hydrogen-bond donors (Lipinski definition) is 2. The number of nitrogens with zero attached hydrogens (tertiary/aromatic N) is 1. The molecule has 14 heavy (non-hydrogen) atoms. The predicted molar refractivity (Wildman–Crippen MR) is 49.6 cm³/mol. The molecule has 74 valence electrons. The zero-order valence-electron chi connectivity index (χ0n) is 7.71. The normalized spacial score (nSPS) is 14.1. The first-order chi connectivity index (χ1) is 6.69. The van der Waals surface area contributed by atoms with Crippen molar-refractivity contribution in [3.63, 3.8) is 0 Å². The first kappa shape index (κ1) is 10.5. The van der Waals surface area contributed by atoms with E-state index in [2.05, 4.69) is 0 Å². The molecule has 1 aromatic carbocycles. The second kappa shape index (κ2) is 4.61. The molecule has 0 saturated heterocycles. The molecule has 1 rings (SSSR count). The highest BCUT2D eigenvalue weighted by Gasteiger charge is 2.16. The molecule has 4 nitrogen and oxygen atoms in total. The molecule has 2 atom stereocenters. The molecule has 0 aliphatic rings. The van der Waals surface area contributed by atoms with Crippen molar-refractivity contribution < 1.29 is 14.9 Å². The Morgan fingerprint density at radius 2 is 1.86 bits per heavy atom. The zero-order valence-corrected chi connectivity index (χ0v) is 7.71. The standard InChI is InChI=1S/C10H11NO3/c1-14-8-4-2-7(3-5-8)10(13)9(12)6-11/h2-5,9-10,12-13H,1H3. The molecule has 0 spiro atoms. The molecule has 1 aromatic rings. The van der Waals surface area contributed by atoms with Crippen molar-refractivity contribution in [2.45, 2.75) is 12.2 Å². The van der Waals surface area contributed by atoms with Crippen LogP contribution >= 0.6 is 0 Å². The summed E-state index contributed by atoms with van der Waals surface area (Å²) < 4.78 is 4.93. The van der Waals surface area contributed by atoms with E-state index >= 15 is 0 Å². The fourth-order valence-electron chi connectivity index (χ4n) is 1.05. The first-order valence-corrected chi connectivity index (χ1v) is 4.08. The van der Waals surface area contributed by atoms with Gasteiger partial charge in [-0.05, 0) is 17.7 Å². The van der Waals surface area contributed by atoms with Gasteiger partial charge in [0.15, 0.2) is 6.10 Å². The summed E-state index contributed by atoms with van der Waals surface area (Å²) in [4.78, 5) is 0. The lowest BCUT2D eigenvalue weighted by Crippen LogP contribution is -2.15. The van der Waals surface area contributed by atoms with Crippen molar-refractivity contribution in [2.75, 3.05) is 7.11 Å². The highest BCUT2D eigenvalue weighted by molar-refractivity contribution is 5.29. The summed E-state index contributed by atoms with van der Waals surface area (Å²) in [6.45, 7) is 0. The van der Waals surface area contributed by atoms with E-state index < -0.39 is 12.2 Å². The van der Waals surface area contributed by atoms with Crippen LogP contribution in [0.1, 0.15) is 11.7 Å². The number of methoxy groups -OCH3 is 1. The number of aliphatic hydroxyl groups excluding tert-OH is 2. The molecule has 0 radical (unpaired) electrons. The van der Waals surface area contributed by atoms with E-state index in [1.807, 2.05) is 0 Å². The summed E-state index contributed by atoms with van der Waals surface area (Å²) in [6.07, 6.45) is -2.57. The molecule has 2 N–H and O–H groups in total. The molecule has 0 bridgehead atoms.